The predicted octanol–water partition coefficient (Wildman–Crippen LogP) is 7.94. The second-order valence-corrected chi connectivity index (χ2v) is 13.1. The number of rotatable bonds is 9. The summed E-state index contributed by atoms with van der Waals surface area (Å²) in [6.07, 6.45) is -3.33. The number of anilines is 2. The van der Waals surface area contributed by atoms with Crippen molar-refractivity contribution in [1.82, 2.24) is 4.98 Å². The second-order valence-electron chi connectivity index (χ2n) is 11.2. The molecule has 1 heterocycles. The van der Waals surface area contributed by atoms with Crippen molar-refractivity contribution in [3.8, 4) is 16.9 Å². The first-order valence-corrected chi connectivity index (χ1v) is 14.8. The molecule has 0 aliphatic carbocycles. The molecule has 220 valence electrons. The molecule has 0 spiro atoms. The first-order chi connectivity index (χ1) is 19.6. The average molecular weight is 597 g/mol. The minimum absolute atomic E-state index is 0.00339. The fourth-order valence-corrected chi connectivity index (χ4v) is 6.76. The van der Waals surface area contributed by atoms with Crippen LogP contribution in [0.1, 0.15) is 42.3 Å². The van der Waals surface area contributed by atoms with Gasteiger partial charge in [-0.15, -0.1) is 13.2 Å². The molecule has 0 radical (unpaired) electrons. The largest absolute Gasteiger partial charge is 0.573 e. The topological polar surface area (TPSA) is 85.4 Å². The first-order valence-electron chi connectivity index (χ1n) is 13.1. The van der Waals surface area contributed by atoms with Gasteiger partial charge < -0.3 is 10.1 Å². The Morgan fingerprint density at radius 2 is 1.62 bits per heavy atom. The maximum atomic E-state index is 13.4. The van der Waals surface area contributed by atoms with Crippen molar-refractivity contribution in [1.29, 1.82) is 0 Å². The summed E-state index contributed by atoms with van der Waals surface area (Å²) in [6, 6.07) is 20.4. The normalized spacial score (nSPS) is 12.2. The minimum Gasteiger partial charge on any atom is -0.405 e. The van der Waals surface area contributed by atoms with Crippen LogP contribution in [0.4, 0.5) is 24.7 Å². The highest BCUT2D eigenvalue weighted by Gasteiger charge is 2.32. The van der Waals surface area contributed by atoms with Gasteiger partial charge in [-0.3, -0.25) is 4.79 Å². The molecule has 1 N–H and O–H groups in total. The quantitative estimate of drug-likeness (QED) is 0.198. The number of hydrogen-bond donors (Lipinski definition) is 1. The summed E-state index contributed by atoms with van der Waals surface area (Å²) < 4.78 is 69.5. The van der Waals surface area contributed by atoms with E-state index in [4.69, 9.17) is 0 Å². The van der Waals surface area contributed by atoms with Gasteiger partial charge in [0.2, 0.25) is 0 Å². The van der Waals surface area contributed by atoms with Crippen LogP contribution in [-0.2, 0) is 16.3 Å². The number of alkyl halides is 3. The summed E-state index contributed by atoms with van der Waals surface area (Å²) in [7, 11) is -3.51. The summed E-state index contributed by atoms with van der Waals surface area (Å²) in [4.78, 5) is 17.8. The molecule has 0 aliphatic rings. The molecular weight excluding hydrogens is 565 g/mol. The average Bonchev–Trinajstić information content (AvgIpc) is 2.87. The van der Waals surface area contributed by atoms with Gasteiger partial charge in [0.25, 0.3) is 0 Å². The molecule has 0 atom stereocenters. The van der Waals surface area contributed by atoms with Crippen molar-refractivity contribution >= 4 is 27.1 Å². The number of halogens is 3. The molecule has 0 fully saturated rings. The molecule has 3 aromatic carbocycles. The zero-order valence-electron chi connectivity index (χ0n) is 23.6. The lowest BCUT2D eigenvalue weighted by Gasteiger charge is -2.19. The monoisotopic (exact) mass is 596 g/mol. The van der Waals surface area contributed by atoms with Crippen LogP contribution in [0.3, 0.4) is 0 Å². The maximum Gasteiger partial charge on any atom is 0.573 e. The first kappa shape index (κ1) is 30.8. The van der Waals surface area contributed by atoms with E-state index in [0.717, 1.165) is 0 Å². The van der Waals surface area contributed by atoms with Gasteiger partial charge in [-0.05, 0) is 53.8 Å². The third kappa shape index (κ3) is 7.97. The van der Waals surface area contributed by atoms with Crippen LogP contribution < -0.4 is 10.1 Å². The number of hydrogen-bond acceptors (Lipinski definition) is 6. The number of ketones is 1. The van der Waals surface area contributed by atoms with Crippen molar-refractivity contribution in [3.05, 3.63) is 102 Å². The molecule has 4 aromatic rings. The molecular formula is C32H31F3N2O4S. The van der Waals surface area contributed by atoms with Crippen LogP contribution in [0.5, 0.6) is 5.75 Å². The SMILES string of the molecule is Cc1cc(CC(=O)c2ccc(-c3ccccc3OC(F)(F)F)c(Nc3ccccn3)c2)ccc1S(=O)(=O)CC(C)(C)C. The Morgan fingerprint density at radius 1 is 0.905 bits per heavy atom. The molecule has 0 unspecified atom stereocenters. The Bertz CT molecular complexity index is 1700. The van der Waals surface area contributed by atoms with E-state index in [2.05, 4.69) is 15.0 Å². The zero-order chi connectivity index (χ0) is 30.7. The van der Waals surface area contributed by atoms with Gasteiger partial charge >= 0.3 is 6.36 Å². The summed E-state index contributed by atoms with van der Waals surface area (Å²) in [5.41, 5.74) is 2.01. The minimum atomic E-state index is -4.89. The van der Waals surface area contributed by atoms with Crippen LogP contribution in [0.15, 0.2) is 90.0 Å². The van der Waals surface area contributed by atoms with Gasteiger partial charge in [-0.2, -0.15) is 0 Å². The van der Waals surface area contributed by atoms with Gasteiger partial charge in [0.1, 0.15) is 11.6 Å². The summed E-state index contributed by atoms with van der Waals surface area (Å²) in [5, 5.41) is 3.11. The van der Waals surface area contributed by atoms with E-state index in [0.29, 0.717) is 33.8 Å². The van der Waals surface area contributed by atoms with Crippen LogP contribution in [0.25, 0.3) is 11.1 Å². The van der Waals surface area contributed by atoms with Crippen molar-refractivity contribution in [3.63, 3.8) is 0 Å². The van der Waals surface area contributed by atoms with Gasteiger partial charge in [-0.1, -0.05) is 69.3 Å². The Balaban J connectivity index is 1.67. The summed E-state index contributed by atoms with van der Waals surface area (Å²) in [5.74, 6) is -0.213. The molecule has 6 nitrogen and oxygen atoms in total. The number of para-hydroxylation sites is 1. The van der Waals surface area contributed by atoms with Crippen molar-refractivity contribution in [2.45, 2.75) is 45.4 Å². The lowest BCUT2D eigenvalue weighted by Crippen LogP contribution is -2.21. The van der Waals surface area contributed by atoms with E-state index < -0.39 is 21.6 Å². The van der Waals surface area contributed by atoms with Gasteiger partial charge in [0, 0.05) is 35.0 Å². The Hall–Kier alpha value is -4.18. The van der Waals surface area contributed by atoms with Crippen molar-refractivity contribution in [2.75, 3.05) is 11.1 Å². The highest BCUT2D eigenvalue weighted by molar-refractivity contribution is 7.91. The van der Waals surface area contributed by atoms with E-state index in [1.807, 2.05) is 20.8 Å². The number of sulfone groups is 1. The lowest BCUT2D eigenvalue weighted by molar-refractivity contribution is -0.274. The zero-order valence-corrected chi connectivity index (χ0v) is 24.4. The third-order valence-electron chi connectivity index (χ3n) is 6.23. The van der Waals surface area contributed by atoms with Gasteiger partial charge in [-0.25, -0.2) is 13.4 Å². The molecule has 10 heteroatoms. The summed E-state index contributed by atoms with van der Waals surface area (Å²) >= 11 is 0. The van der Waals surface area contributed by atoms with Gasteiger partial charge in [0.05, 0.1) is 10.6 Å². The number of carbonyl (C=O) groups is 1. The van der Waals surface area contributed by atoms with E-state index in [-0.39, 0.29) is 34.2 Å². The number of nitrogens with zero attached hydrogens (tertiary/aromatic N) is 1. The van der Waals surface area contributed by atoms with Crippen LogP contribution >= 0.6 is 0 Å². The van der Waals surface area contributed by atoms with Gasteiger partial charge in [0.15, 0.2) is 15.6 Å². The molecule has 0 amide bonds. The molecule has 42 heavy (non-hydrogen) atoms. The lowest BCUT2D eigenvalue weighted by atomic mass is 9.96. The molecule has 0 aliphatic heterocycles. The molecule has 0 saturated carbocycles. The number of nitrogens with one attached hydrogen (secondary N) is 1. The van der Waals surface area contributed by atoms with E-state index >= 15 is 0 Å². The second kappa shape index (κ2) is 12.0. The highest BCUT2D eigenvalue weighted by atomic mass is 32.2. The Labute approximate surface area is 243 Å². The number of aromatic nitrogens is 1. The van der Waals surface area contributed by atoms with Crippen molar-refractivity contribution in [2.24, 2.45) is 5.41 Å². The number of aryl methyl sites for hydroxylation is 1. The molecule has 4 rings (SSSR count). The highest BCUT2D eigenvalue weighted by Crippen LogP contribution is 2.39. The van der Waals surface area contributed by atoms with Crippen LogP contribution in [-0.4, -0.2) is 31.3 Å². The van der Waals surface area contributed by atoms with E-state index in [9.17, 15) is 26.4 Å². The molecule has 0 bridgehead atoms. The van der Waals surface area contributed by atoms with E-state index in [1.165, 1.54) is 24.3 Å². The fraction of sp³-hybridized carbons (Fsp3) is 0.250. The number of ether oxygens (including phenoxy) is 1. The molecule has 1 aromatic heterocycles. The van der Waals surface area contributed by atoms with Crippen molar-refractivity contribution < 1.29 is 31.1 Å². The summed E-state index contributed by atoms with van der Waals surface area (Å²) in [6.45, 7) is 7.28. The number of pyridine rings is 1. The predicted molar refractivity (Wildman–Crippen MR) is 157 cm³/mol. The maximum absolute atomic E-state index is 13.4. The number of benzene rings is 3. The Kier molecular flexibility index (Phi) is 8.77. The van der Waals surface area contributed by atoms with E-state index in [1.54, 1.807) is 67.7 Å². The number of carbonyl (C=O) groups excluding carboxylic acids is 1. The third-order valence-corrected chi connectivity index (χ3v) is 8.61. The van der Waals surface area contributed by atoms with Crippen LogP contribution in [0.2, 0.25) is 0 Å². The number of Topliss-reactive ketones (excluding diaryl/α,β-unsaturated/α-hetero) is 1. The van der Waals surface area contributed by atoms with Crippen LogP contribution in [0, 0.1) is 12.3 Å². The smallest absolute Gasteiger partial charge is 0.405 e. The molecule has 0 saturated heterocycles. The fourth-order valence-electron chi connectivity index (χ4n) is 4.64. The Morgan fingerprint density at radius 3 is 2.26 bits per heavy atom. The standard InChI is InChI=1S/C32H31F3N2O4S/c1-21-17-22(12-15-29(21)42(39,40)20-31(2,3)4)18-27(38)23-13-14-24(26(19-23)37-30-11-7-8-16-36-30)25-9-5-6-10-28(25)41-32(33,34)35/h5-17,19H,18,20H2,1-4H3,(H,36,37).